The second-order valence-corrected chi connectivity index (χ2v) is 5.09. The molecule has 1 N–H and O–H groups in total. The lowest BCUT2D eigenvalue weighted by Crippen LogP contribution is -2.28. The molecule has 18 heavy (non-hydrogen) atoms. The van der Waals surface area contributed by atoms with E-state index in [2.05, 4.69) is 38.2 Å². The smallest absolute Gasteiger partial charge is 0.122 e. The molecule has 0 amide bonds. The minimum atomic E-state index is 0.535. The molecule has 0 aliphatic rings. The van der Waals surface area contributed by atoms with Gasteiger partial charge in [0.2, 0.25) is 0 Å². The molecule has 102 valence electrons. The predicted octanol–water partition coefficient (Wildman–Crippen LogP) is 2.88. The van der Waals surface area contributed by atoms with E-state index < -0.39 is 0 Å². The molecule has 0 spiro atoms. The third-order valence-corrected chi connectivity index (χ3v) is 2.87. The monoisotopic (exact) mass is 251 g/mol. The topological polar surface area (TPSA) is 30.5 Å². The summed E-state index contributed by atoms with van der Waals surface area (Å²) in [5.41, 5.74) is 1.25. The van der Waals surface area contributed by atoms with Gasteiger partial charge in [0, 0.05) is 12.1 Å². The van der Waals surface area contributed by atoms with Gasteiger partial charge in [-0.3, -0.25) is 0 Å². The summed E-state index contributed by atoms with van der Waals surface area (Å²) in [6.45, 7) is 7.61. The third-order valence-electron chi connectivity index (χ3n) is 2.87. The molecule has 1 unspecified atom stereocenters. The highest BCUT2D eigenvalue weighted by Crippen LogP contribution is 2.24. The van der Waals surface area contributed by atoms with Crippen molar-refractivity contribution in [2.24, 2.45) is 5.92 Å². The summed E-state index contributed by atoms with van der Waals surface area (Å²) in [5, 5.41) is 3.46. The van der Waals surface area contributed by atoms with Gasteiger partial charge in [-0.25, -0.2) is 0 Å². The minimum absolute atomic E-state index is 0.535. The summed E-state index contributed by atoms with van der Waals surface area (Å²) in [5.74, 6) is 2.30. The first-order valence-electron chi connectivity index (χ1n) is 6.50. The SMILES string of the molecule is COc1cc(CC(C)CNC(C)C)cc(OC)c1. The largest absolute Gasteiger partial charge is 0.497 e. The molecule has 0 aromatic heterocycles. The molecular weight excluding hydrogens is 226 g/mol. The molecule has 1 aromatic carbocycles. The lowest BCUT2D eigenvalue weighted by molar-refractivity contribution is 0.392. The first-order valence-corrected chi connectivity index (χ1v) is 6.50. The Balaban J connectivity index is 2.65. The Labute approximate surface area is 110 Å². The summed E-state index contributed by atoms with van der Waals surface area (Å²) in [6.07, 6.45) is 1.02. The van der Waals surface area contributed by atoms with Crippen molar-refractivity contribution in [3.63, 3.8) is 0 Å². The van der Waals surface area contributed by atoms with Crippen molar-refractivity contribution in [2.45, 2.75) is 33.2 Å². The van der Waals surface area contributed by atoms with Crippen LogP contribution >= 0.6 is 0 Å². The molecule has 0 radical (unpaired) electrons. The molecule has 1 aromatic rings. The highest BCUT2D eigenvalue weighted by Gasteiger charge is 2.07. The molecule has 0 saturated heterocycles. The van der Waals surface area contributed by atoms with Gasteiger partial charge >= 0.3 is 0 Å². The average Bonchev–Trinajstić information content (AvgIpc) is 2.35. The number of rotatable bonds is 7. The number of nitrogens with one attached hydrogen (secondary N) is 1. The fraction of sp³-hybridized carbons (Fsp3) is 0.600. The van der Waals surface area contributed by atoms with Crippen molar-refractivity contribution in [3.8, 4) is 11.5 Å². The predicted molar refractivity (Wildman–Crippen MR) is 75.6 cm³/mol. The Morgan fingerprint density at radius 1 is 1.00 bits per heavy atom. The van der Waals surface area contributed by atoms with Crippen LogP contribution in [0.1, 0.15) is 26.3 Å². The normalized spacial score (nSPS) is 12.6. The van der Waals surface area contributed by atoms with Crippen LogP contribution in [-0.2, 0) is 6.42 Å². The van der Waals surface area contributed by atoms with E-state index in [0.29, 0.717) is 12.0 Å². The van der Waals surface area contributed by atoms with E-state index in [1.165, 1.54) is 5.56 Å². The second-order valence-electron chi connectivity index (χ2n) is 5.09. The fourth-order valence-electron chi connectivity index (χ4n) is 1.90. The van der Waals surface area contributed by atoms with Gasteiger partial charge in [-0.05, 0) is 36.6 Å². The Bertz CT molecular complexity index is 341. The highest BCUT2D eigenvalue weighted by molar-refractivity contribution is 5.38. The van der Waals surface area contributed by atoms with Gasteiger partial charge in [0.05, 0.1) is 14.2 Å². The zero-order valence-corrected chi connectivity index (χ0v) is 12.1. The van der Waals surface area contributed by atoms with Crippen LogP contribution in [0.3, 0.4) is 0 Å². The van der Waals surface area contributed by atoms with Crippen molar-refractivity contribution in [1.82, 2.24) is 5.32 Å². The van der Waals surface area contributed by atoms with Crippen LogP contribution in [0.4, 0.5) is 0 Å². The molecule has 0 aliphatic heterocycles. The molecular formula is C15H25NO2. The maximum Gasteiger partial charge on any atom is 0.122 e. The quantitative estimate of drug-likeness (QED) is 0.808. The first-order chi connectivity index (χ1) is 8.55. The lowest BCUT2D eigenvalue weighted by Gasteiger charge is -2.16. The van der Waals surface area contributed by atoms with E-state index in [0.717, 1.165) is 24.5 Å². The summed E-state index contributed by atoms with van der Waals surface area (Å²) in [7, 11) is 3.37. The zero-order chi connectivity index (χ0) is 13.5. The van der Waals surface area contributed by atoms with E-state index in [4.69, 9.17) is 9.47 Å². The van der Waals surface area contributed by atoms with E-state index >= 15 is 0 Å². The second kappa shape index (κ2) is 7.27. The molecule has 0 aliphatic carbocycles. The lowest BCUT2D eigenvalue weighted by atomic mass is 10.0. The van der Waals surface area contributed by atoms with Gasteiger partial charge in [-0.1, -0.05) is 20.8 Å². The Morgan fingerprint density at radius 3 is 2.00 bits per heavy atom. The van der Waals surface area contributed by atoms with Crippen molar-refractivity contribution in [1.29, 1.82) is 0 Å². The Kier molecular flexibility index (Phi) is 5.99. The summed E-state index contributed by atoms with van der Waals surface area (Å²) in [6, 6.07) is 6.59. The van der Waals surface area contributed by atoms with Gasteiger partial charge in [0.1, 0.15) is 11.5 Å². The Hall–Kier alpha value is -1.22. The standard InChI is InChI=1S/C15H25NO2/c1-11(2)16-10-12(3)6-13-7-14(17-4)9-15(8-13)18-5/h7-9,11-12,16H,6,10H2,1-5H3. The number of benzene rings is 1. The summed E-state index contributed by atoms with van der Waals surface area (Å²) in [4.78, 5) is 0. The number of ether oxygens (including phenoxy) is 2. The van der Waals surface area contributed by atoms with E-state index in [-0.39, 0.29) is 0 Å². The molecule has 3 nitrogen and oxygen atoms in total. The third kappa shape index (κ3) is 4.96. The van der Waals surface area contributed by atoms with Gasteiger partial charge in [0.15, 0.2) is 0 Å². The first kappa shape index (κ1) is 14.8. The molecule has 0 fully saturated rings. The molecule has 1 rings (SSSR count). The van der Waals surface area contributed by atoms with E-state index in [1.807, 2.05) is 6.07 Å². The van der Waals surface area contributed by atoms with Crippen LogP contribution in [-0.4, -0.2) is 26.8 Å². The summed E-state index contributed by atoms with van der Waals surface area (Å²) < 4.78 is 10.6. The molecule has 3 heteroatoms. The van der Waals surface area contributed by atoms with E-state index in [9.17, 15) is 0 Å². The maximum atomic E-state index is 5.28. The van der Waals surface area contributed by atoms with Crippen molar-refractivity contribution < 1.29 is 9.47 Å². The van der Waals surface area contributed by atoms with Crippen LogP contribution in [0.25, 0.3) is 0 Å². The van der Waals surface area contributed by atoms with Crippen LogP contribution in [0.5, 0.6) is 11.5 Å². The number of hydrogen-bond donors (Lipinski definition) is 1. The number of hydrogen-bond acceptors (Lipinski definition) is 3. The van der Waals surface area contributed by atoms with Crippen molar-refractivity contribution in [3.05, 3.63) is 23.8 Å². The Morgan fingerprint density at radius 2 is 1.56 bits per heavy atom. The summed E-state index contributed by atoms with van der Waals surface area (Å²) >= 11 is 0. The van der Waals surface area contributed by atoms with Gasteiger partial charge in [-0.15, -0.1) is 0 Å². The zero-order valence-electron chi connectivity index (χ0n) is 12.1. The minimum Gasteiger partial charge on any atom is -0.497 e. The molecule has 0 heterocycles. The molecule has 0 bridgehead atoms. The van der Waals surface area contributed by atoms with E-state index in [1.54, 1.807) is 14.2 Å². The fourth-order valence-corrected chi connectivity index (χ4v) is 1.90. The average molecular weight is 251 g/mol. The van der Waals surface area contributed by atoms with Crippen molar-refractivity contribution in [2.75, 3.05) is 20.8 Å². The van der Waals surface area contributed by atoms with Crippen LogP contribution in [0.2, 0.25) is 0 Å². The van der Waals surface area contributed by atoms with Crippen LogP contribution in [0, 0.1) is 5.92 Å². The highest BCUT2D eigenvalue weighted by atomic mass is 16.5. The molecule has 0 saturated carbocycles. The van der Waals surface area contributed by atoms with Crippen molar-refractivity contribution >= 4 is 0 Å². The molecule has 1 atom stereocenters. The van der Waals surface area contributed by atoms with Gasteiger partial charge < -0.3 is 14.8 Å². The maximum absolute atomic E-state index is 5.28. The van der Waals surface area contributed by atoms with Crippen LogP contribution in [0.15, 0.2) is 18.2 Å². The number of methoxy groups -OCH3 is 2. The van der Waals surface area contributed by atoms with Crippen LogP contribution < -0.4 is 14.8 Å². The van der Waals surface area contributed by atoms with Gasteiger partial charge in [-0.2, -0.15) is 0 Å². The van der Waals surface area contributed by atoms with Gasteiger partial charge in [0.25, 0.3) is 0 Å².